The number of nitrogens with one attached hydrogen (secondary N) is 1. The summed E-state index contributed by atoms with van der Waals surface area (Å²) in [5.74, 6) is 0.917. The van der Waals surface area contributed by atoms with Crippen molar-refractivity contribution in [2.75, 3.05) is 33.2 Å². The van der Waals surface area contributed by atoms with Gasteiger partial charge in [0, 0.05) is 49.6 Å². The van der Waals surface area contributed by atoms with Gasteiger partial charge in [0.15, 0.2) is 0 Å². The van der Waals surface area contributed by atoms with Crippen LogP contribution < -0.4 is 5.43 Å². The zero-order chi connectivity index (χ0) is 16.9. The zero-order valence-corrected chi connectivity index (χ0v) is 14.3. The smallest absolute Gasteiger partial charge is 0.234 e. The molecule has 1 aliphatic heterocycles. The first-order valence-electron chi connectivity index (χ1n) is 7.91. The Morgan fingerprint density at radius 3 is 2.67 bits per heavy atom. The van der Waals surface area contributed by atoms with Gasteiger partial charge >= 0.3 is 0 Å². The van der Waals surface area contributed by atoms with Crippen molar-refractivity contribution in [2.24, 2.45) is 0 Å². The molecule has 1 fully saturated rings. The lowest BCUT2D eigenvalue weighted by Crippen LogP contribution is -2.52. The molecule has 1 saturated heterocycles. The number of nitrogens with zero attached hydrogens (tertiary/aromatic N) is 4. The van der Waals surface area contributed by atoms with Crippen molar-refractivity contribution in [1.82, 2.24) is 25.5 Å². The van der Waals surface area contributed by atoms with E-state index in [1.165, 1.54) is 0 Å². The Balaban J connectivity index is 1.48. The molecule has 2 aromatic rings. The zero-order valence-electron chi connectivity index (χ0n) is 13.5. The van der Waals surface area contributed by atoms with Crippen LogP contribution in [0.2, 0.25) is 5.02 Å². The van der Waals surface area contributed by atoms with Gasteiger partial charge in [0.1, 0.15) is 0 Å². The fourth-order valence-corrected chi connectivity index (χ4v) is 2.57. The molecule has 3 rings (SSSR count). The minimum absolute atomic E-state index is 0.0363. The third kappa shape index (κ3) is 4.53. The van der Waals surface area contributed by atoms with E-state index in [0.29, 0.717) is 29.6 Å². The lowest BCUT2D eigenvalue weighted by molar-refractivity contribution is -0.126. The van der Waals surface area contributed by atoms with Gasteiger partial charge in [0.25, 0.3) is 0 Å². The number of piperazine rings is 1. The topological polar surface area (TPSA) is 74.5 Å². The molecular formula is C16H20ClN5O2. The van der Waals surface area contributed by atoms with Crippen LogP contribution in [0, 0.1) is 0 Å². The molecule has 0 saturated carbocycles. The van der Waals surface area contributed by atoms with Crippen molar-refractivity contribution in [3.8, 4) is 11.4 Å². The average Bonchev–Trinajstić information content (AvgIpc) is 3.05. The number of carbonyl (C=O) groups is 1. The van der Waals surface area contributed by atoms with Crippen molar-refractivity contribution in [3.63, 3.8) is 0 Å². The van der Waals surface area contributed by atoms with Crippen LogP contribution in [-0.2, 0) is 11.2 Å². The molecule has 0 spiro atoms. The van der Waals surface area contributed by atoms with Gasteiger partial charge < -0.3 is 9.42 Å². The van der Waals surface area contributed by atoms with Gasteiger partial charge in [-0.3, -0.25) is 10.2 Å². The van der Waals surface area contributed by atoms with Crippen molar-refractivity contribution in [1.29, 1.82) is 0 Å². The summed E-state index contributed by atoms with van der Waals surface area (Å²) in [7, 11) is 2.08. The molecule has 2 heterocycles. The Morgan fingerprint density at radius 1 is 1.25 bits per heavy atom. The minimum Gasteiger partial charge on any atom is -0.339 e. The summed E-state index contributed by atoms with van der Waals surface area (Å²) in [4.78, 5) is 18.6. The number of likely N-dealkylation sites (N-methyl/N-ethyl adjacent to an activating group) is 1. The van der Waals surface area contributed by atoms with E-state index in [-0.39, 0.29) is 5.91 Å². The first-order valence-corrected chi connectivity index (χ1v) is 8.29. The number of hydrogen-bond acceptors (Lipinski definition) is 6. The highest BCUT2D eigenvalue weighted by Crippen LogP contribution is 2.18. The van der Waals surface area contributed by atoms with E-state index in [1.807, 2.05) is 17.1 Å². The summed E-state index contributed by atoms with van der Waals surface area (Å²) in [6.07, 6.45) is 0.731. The summed E-state index contributed by atoms with van der Waals surface area (Å²) >= 11 is 5.86. The number of amides is 1. The number of rotatable bonds is 5. The quantitative estimate of drug-likeness (QED) is 0.883. The van der Waals surface area contributed by atoms with Crippen LogP contribution in [0.25, 0.3) is 11.4 Å². The highest BCUT2D eigenvalue weighted by atomic mass is 35.5. The second-order valence-corrected chi connectivity index (χ2v) is 6.28. The molecule has 24 heavy (non-hydrogen) atoms. The van der Waals surface area contributed by atoms with Crippen molar-refractivity contribution < 1.29 is 9.32 Å². The third-order valence-electron chi connectivity index (χ3n) is 3.92. The molecule has 1 N–H and O–H groups in total. The predicted octanol–water partition coefficient (Wildman–Crippen LogP) is 1.60. The molecule has 0 unspecified atom stereocenters. The standard InChI is InChI=1S/C16H20ClN5O2/c1-21-8-10-22(11-9-21)19-14(23)6-7-15-18-16(20-24-15)12-2-4-13(17)5-3-12/h2-5H,6-11H2,1H3,(H,19,23). The fraction of sp³-hybridized carbons (Fsp3) is 0.438. The van der Waals surface area contributed by atoms with E-state index in [0.717, 1.165) is 31.7 Å². The molecule has 8 heteroatoms. The summed E-state index contributed by atoms with van der Waals surface area (Å²) < 4.78 is 5.21. The predicted molar refractivity (Wildman–Crippen MR) is 90.3 cm³/mol. The number of aryl methyl sites for hydroxylation is 1. The van der Waals surface area contributed by atoms with E-state index in [4.69, 9.17) is 16.1 Å². The van der Waals surface area contributed by atoms with Crippen molar-refractivity contribution in [2.45, 2.75) is 12.8 Å². The lowest BCUT2D eigenvalue weighted by atomic mass is 10.2. The number of carbonyl (C=O) groups excluding carboxylic acids is 1. The highest BCUT2D eigenvalue weighted by Gasteiger charge is 2.16. The maximum Gasteiger partial charge on any atom is 0.234 e. The molecule has 1 amide bonds. The summed E-state index contributed by atoms with van der Waals surface area (Å²) in [6, 6.07) is 7.21. The maximum atomic E-state index is 12.0. The van der Waals surface area contributed by atoms with Gasteiger partial charge in [-0.2, -0.15) is 4.98 Å². The summed E-state index contributed by atoms with van der Waals surface area (Å²) in [5, 5.41) is 6.55. The lowest BCUT2D eigenvalue weighted by Gasteiger charge is -2.32. The van der Waals surface area contributed by atoms with Gasteiger partial charge in [-0.05, 0) is 31.3 Å². The van der Waals surface area contributed by atoms with E-state index in [1.54, 1.807) is 12.1 Å². The molecule has 7 nitrogen and oxygen atoms in total. The van der Waals surface area contributed by atoms with Crippen molar-refractivity contribution >= 4 is 17.5 Å². The van der Waals surface area contributed by atoms with Crippen LogP contribution >= 0.6 is 11.6 Å². The largest absolute Gasteiger partial charge is 0.339 e. The monoisotopic (exact) mass is 349 g/mol. The summed E-state index contributed by atoms with van der Waals surface area (Å²) in [6.45, 7) is 3.58. The van der Waals surface area contributed by atoms with Crippen LogP contribution in [0.4, 0.5) is 0 Å². The molecule has 0 aliphatic carbocycles. The number of hydrogen-bond donors (Lipinski definition) is 1. The van der Waals surface area contributed by atoms with E-state index in [9.17, 15) is 4.79 Å². The number of halogens is 1. The Morgan fingerprint density at radius 2 is 1.96 bits per heavy atom. The maximum absolute atomic E-state index is 12.0. The van der Waals surface area contributed by atoms with Gasteiger partial charge in [0.05, 0.1) is 0 Å². The van der Waals surface area contributed by atoms with Gasteiger partial charge in [-0.15, -0.1) is 0 Å². The number of aromatic nitrogens is 2. The molecule has 1 aromatic heterocycles. The van der Waals surface area contributed by atoms with E-state index >= 15 is 0 Å². The average molecular weight is 350 g/mol. The van der Waals surface area contributed by atoms with Crippen LogP contribution in [0.1, 0.15) is 12.3 Å². The molecule has 0 radical (unpaired) electrons. The normalized spacial score (nSPS) is 16.2. The van der Waals surface area contributed by atoms with E-state index < -0.39 is 0 Å². The minimum atomic E-state index is -0.0363. The van der Waals surface area contributed by atoms with Gasteiger partial charge in [-0.1, -0.05) is 16.8 Å². The van der Waals surface area contributed by atoms with Crippen LogP contribution in [0.5, 0.6) is 0 Å². The Kier molecular flexibility index (Phi) is 5.44. The molecule has 1 aliphatic rings. The SMILES string of the molecule is CN1CCN(NC(=O)CCc2nc(-c3ccc(Cl)cc3)no2)CC1. The molecule has 128 valence electrons. The molecule has 0 bridgehead atoms. The molecule has 1 aromatic carbocycles. The van der Waals surface area contributed by atoms with E-state index in [2.05, 4.69) is 27.5 Å². The van der Waals surface area contributed by atoms with Crippen molar-refractivity contribution in [3.05, 3.63) is 35.2 Å². The Labute approximate surface area is 145 Å². The number of hydrazine groups is 1. The molecule has 0 atom stereocenters. The van der Waals surface area contributed by atoms with Crippen LogP contribution in [-0.4, -0.2) is 59.2 Å². The molecular weight excluding hydrogens is 330 g/mol. The first-order chi connectivity index (χ1) is 11.6. The summed E-state index contributed by atoms with van der Waals surface area (Å²) in [5.41, 5.74) is 3.75. The second kappa shape index (κ2) is 7.74. The first kappa shape index (κ1) is 16.9. The Hall–Kier alpha value is -1.96. The highest BCUT2D eigenvalue weighted by molar-refractivity contribution is 6.30. The van der Waals surface area contributed by atoms with Crippen LogP contribution in [0.3, 0.4) is 0 Å². The Bertz CT molecular complexity index is 680. The van der Waals surface area contributed by atoms with Gasteiger partial charge in [0.2, 0.25) is 17.6 Å². The van der Waals surface area contributed by atoms with Gasteiger partial charge in [-0.25, -0.2) is 5.01 Å². The van der Waals surface area contributed by atoms with Crippen LogP contribution in [0.15, 0.2) is 28.8 Å². The number of benzene rings is 1. The fourth-order valence-electron chi connectivity index (χ4n) is 2.44. The second-order valence-electron chi connectivity index (χ2n) is 5.84. The third-order valence-corrected chi connectivity index (χ3v) is 4.17.